The van der Waals surface area contributed by atoms with E-state index in [2.05, 4.69) is 10.6 Å². The highest BCUT2D eigenvalue weighted by Gasteiger charge is 2.16. The molecule has 0 aliphatic heterocycles. The van der Waals surface area contributed by atoms with Gasteiger partial charge in [0.25, 0.3) is 11.8 Å². The van der Waals surface area contributed by atoms with Crippen LogP contribution in [0.2, 0.25) is 0 Å². The second-order valence-electron chi connectivity index (χ2n) is 5.82. The van der Waals surface area contributed by atoms with E-state index in [-0.39, 0.29) is 17.9 Å². The first-order chi connectivity index (χ1) is 10.3. The predicted octanol–water partition coefficient (Wildman–Crippen LogP) is 2.06. The van der Waals surface area contributed by atoms with Crippen LogP contribution in [0.1, 0.15) is 40.4 Å². The first-order valence-corrected chi connectivity index (χ1v) is 7.19. The number of nitrogens with one attached hydrogen (secondary N) is 2. The number of amides is 2. The molecule has 2 heterocycles. The van der Waals surface area contributed by atoms with Gasteiger partial charge in [-0.2, -0.15) is 0 Å². The molecule has 2 aromatic rings. The minimum Gasteiger partial charge on any atom is -0.349 e. The van der Waals surface area contributed by atoms with Crippen molar-refractivity contribution in [1.29, 1.82) is 0 Å². The average Bonchev–Trinajstić information content (AvgIpc) is 2.91. The number of aromatic nitrogens is 2. The Hall–Kier alpha value is -2.50. The summed E-state index contributed by atoms with van der Waals surface area (Å²) < 4.78 is 3.48. The van der Waals surface area contributed by atoms with Gasteiger partial charge in [-0.3, -0.25) is 9.59 Å². The average molecular weight is 302 g/mol. The van der Waals surface area contributed by atoms with Gasteiger partial charge in [-0.1, -0.05) is 0 Å². The molecule has 0 fully saturated rings. The number of carbonyl (C=O) groups excluding carboxylic acids is 2. The van der Waals surface area contributed by atoms with Crippen molar-refractivity contribution in [3.05, 3.63) is 41.5 Å². The first kappa shape index (κ1) is 15.9. The monoisotopic (exact) mass is 302 g/mol. The molecular formula is C16H22N4O2. The fourth-order valence-electron chi connectivity index (χ4n) is 2.35. The minimum atomic E-state index is -0.197. The zero-order valence-electron chi connectivity index (χ0n) is 13.6. The van der Waals surface area contributed by atoms with Crippen molar-refractivity contribution in [2.45, 2.75) is 26.8 Å². The summed E-state index contributed by atoms with van der Waals surface area (Å²) >= 11 is 0. The molecule has 0 saturated heterocycles. The van der Waals surface area contributed by atoms with Gasteiger partial charge in [0.2, 0.25) is 0 Å². The van der Waals surface area contributed by atoms with Crippen LogP contribution in [0.3, 0.4) is 0 Å². The number of hydrogen-bond acceptors (Lipinski definition) is 2. The van der Waals surface area contributed by atoms with E-state index in [1.54, 1.807) is 28.4 Å². The van der Waals surface area contributed by atoms with Gasteiger partial charge in [0.15, 0.2) is 0 Å². The Balaban J connectivity index is 2.16. The lowest BCUT2D eigenvalue weighted by Crippen LogP contribution is -2.31. The van der Waals surface area contributed by atoms with Crippen molar-refractivity contribution in [2.24, 2.45) is 14.1 Å². The Morgan fingerprint density at radius 1 is 1.00 bits per heavy atom. The van der Waals surface area contributed by atoms with Crippen molar-refractivity contribution in [1.82, 2.24) is 14.5 Å². The van der Waals surface area contributed by atoms with E-state index in [1.807, 2.05) is 40.1 Å². The molecular weight excluding hydrogens is 280 g/mol. The summed E-state index contributed by atoms with van der Waals surface area (Å²) in [5, 5.41) is 5.66. The maximum Gasteiger partial charge on any atom is 0.272 e. The smallest absolute Gasteiger partial charge is 0.272 e. The summed E-state index contributed by atoms with van der Waals surface area (Å²) in [6.45, 7) is 5.75. The lowest BCUT2D eigenvalue weighted by molar-refractivity contribution is 0.0934. The summed E-state index contributed by atoms with van der Waals surface area (Å²) in [4.78, 5) is 24.3. The SMILES string of the molecule is Cc1cc(C(=O)Nc2cc(C(=O)NC(C)C)n(C)c2)n(C)c1. The Morgan fingerprint density at radius 2 is 1.59 bits per heavy atom. The first-order valence-electron chi connectivity index (χ1n) is 7.19. The summed E-state index contributed by atoms with van der Waals surface area (Å²) in [5.41, 5.74) is 2.71. The molecule has 2 N–H and O–H groups in total. The van der Waals surface area contributed by atoms with Crippen LogP contribution in [0, 0.1) is 6.92 Å². The van der Waals surface area contributed by atoms with Gasteiger partial charge in [0.05, 0.1) is 5.69 Å². The largest absolute Gasteiger partial charge is 0.349 e. The molecule has 2 amide bonds. The van der Waals surface area contributed by atoms with E-state index in [4.69, 9.17) is 0 Å². The van der Waals surface area contributed by atoms with Crippen LogP contribution in [0.5, 0.6) is 0 Å². The molecule has 118 valence electrons. The highest BCUT2D eigenvalue weighted by molar-refractivity contribution is 6.04. The van der Waals surface area contributed by atoms with Gasteiger partial charge < -0.3 is 19.8 Å². The number of anilines is 1. The van der Waals surface area contributed by atoms with Crippen LogP contribution in [-0.2, 0) is 14.1 Å². The van der Waals surface area contributed by atoms with Crippen molar-refractivity contribution in [3.8, 4) is 0 Å². The second kappa shape index (κ2) is 6.09. The van der Waals surface area contributed by atoms with Crippen LogP contribution >= 0.6 is 0 Å². The fraction of sp³-hybridized carbons (Fsp3) is 0.375. The van der Waals surface area contributed by atoms with Crippen LogP contribution in [0.15, 0.2) is 24.5 Å². The molecule has 0 unspecified atom stereocenters. The molecule has 0 aliphatic rings. The molecule has 0 bridgehead atoms. The summed E-state index contributed by atoms with van der Waals surface area (Å²) in [6.07, 6.45) is 3.62. The number of nitrogens with zero attached hydrogens (tertiary/aromatic N) is 2. The molecule has 6 nitrogen and oxygen atoms in total. The van der Waals surface area contributed by atoms with Crippen molar-refractivity contribution < 1.29 is 9.59 Å². The Labute approximate surface area is 130 Å². The van der Waals surface area contributed by atoms with E-state index in [0.29, 0.717) is 17.1 Å². The fourth-order valence-corrected chi connectivity index (χ4v) is 2.35. The van der Waals surface area contributed by atoms with Crippen LogP contribution in [0.25, 0.3) is 0 Å². The zero-order valence-corrected chi connectivity index (χ0v) is 13.6. The summed E-state index contributed by atoms with van der Waals surface area (Å²) in [6, 6.07) is 3.56. The third-order valence-corrected chi connectivity index (χ3v) is 3.29. The topological polar surface area (TPSA) is 68.1 Å². The highest BCUT2D eigenvalue weighted by Crippen LogP contribution is 2.15. The standard InChI is InChI=1S/C16H22N4O2/c1-10(2)17-15(21)14-7-12(9-20(14)5)18-16(22)13-6-11(3)8-19(13)4/h6-10H,1-5H3,(H,17,21)(H,18,22). The summed E-state index contributed by atoms with van der Waals surface area (Å²) in [7, 11) is 3.60. The van der Waals surface area contributed by atoms with Crippen LogP contribution < -0.4 is 10.6 Å². The van der Waals surface area contributed by atoms with Gasteiger partial charge >= 0.3 is 0 Å². The van der Waals surface area contributed by atoms with Gasteiger partial charge in [-0.15, -0.1) is 0 Å². The Kier molecular flexibility index (Phi) is 4.40. The second-order valence-corrected chi connectivity index (χ2v) is 5.82. The number of hydrogen-bond donors (Lipinski definition) is 2. The Bertz CT molecular complexity index is 710. The molecule has 2 rings (SSSR count). The molecule has 0 aliphatic carbocycles. The third kappa shape index (κ3) is 3.39. The summed E-state index contributed by atoms with van der Waals surface area (Å²) in [5.74, 6) is -0.357. The lowest BCUT2D eigenvalue weighted by Gasteiger charge is -2.08. The Morgan fingerprint density at radius 3 is 2.14 bits per heavy atom. The van der Waals surface area contributed by atoms with E-state index in [0.717, 1.165) is 5.56 Å². The van der Waals surface area contributed by atoms with E-state index in [1.165, 1.54) is 0 Å². The molecule has 2 aromatic heterocycles. The minimum absolute atomic E-state index is 0.0618. The third-order valence-electron chi connectivity index (χ3n) is 3.29. The van der Waals surface area contributed by atoms with Crippen LogP contribution in [0.4, 0.5) is 5.69 Å². The molecule has 0 spiro atoms. The number of rotatable bonds is 4. The molecule has 0 saturated carbocycles. The van der Waals surface area contributed by atoms with Gasteiger partial charge in [-0.25, -0.2) is 0 Å². The van der Waals surface area contributed by atoms with Gasteiger partial charge in [-0.05, 0) is 38.5 Å². The molecule has 22 heavy (non-hydrogen) atoms. The van der Waals surface area contributed by atoms with Crippen molar-refractivity contribution >= 4 is 17.5 Å². The number of carbonyl (C=O) groups is 2. The lowest BCUT2D eigenvalue weighted by atomic mass is 10.3. The number of aryl methyl sites for hydroxylation is 3. The van der Waals surface area contributed by atoms with Gasteiger partial charge in [0.1, 0.15) is 11.4 Å². The van der Waals surface area contributed by atoms with Gasteiger partial charge in [0, 0.05) is 32.5 Å². The molecule has 6 heteroatoms. The maximum atomic E-state index is 12.3. The van der Waals surface area contributed by atoms with E-state index >= 15 is 0 Å². The normalized spacial score (nSPS) is 10.8. The maximum absolute atomic E-state index is 12.3. The van der Waals surface area contributed by atoms with E-state index < -0.39 is 0 Å². The van der Waals surface area contributed by atoms with Crippen molar-refractivity contribution in [2.75, 3.05) is 5.32 Å². The van der Waals surface area contributed by atoms with Crippen molar-refractivity contribution in [3.63, 3.8) is 0 Å². The highest BCUT2D eigenvalue weighted by atomic mass is 16.2. The predicted molar refractivity (Wildman–Crippen MR) is 86.1 cm³/mol. The van der Waals surface area contributed by atoms with E-state index in [9.17, 15) is 9.59 Å². The van der Waals surface area contributed by atoms with Crippen LogP contribution in [-0.4, -0.2) is 27.0 Å². The molecule has 0 atom stereocenters. The quantitative estimate of drug-likeness (QED) is 0.908. The molecule has 0 aromatic carbocycles. The zero-order chi connectivity index (χ0) is 16.4. The molecule has 0 radical (unpaired) electrons.